The lowest BCUT2D eigenvalue weighted by atomic mass is 10.1. The van der Waals surface area contributed by atoms with Crippen molar-refractivity contribution >= 4 is 23.7 Å². The van der Waals surface area contributed by atoms with Gasteiger partial charge in [0.05, 0.1) is 11.1 Å². The number of carbonyl (C=O) groups excluding carboxylic acids is 4. The van der Waals surface area contributed by atoms with Crippen LogP contribution in [0.3, 0.4) is 0 Å². The Balaban J connectivity index is 1.70. The van der Waals surface area contributed by atoms with E-state index >= 15 is 0 Å². The molecule has 0 radical (unpaired) electrons. The quantitative estimate of drug-likeness (QED) is 0.566. The Morgan fingerprint density at radius 1 is 1.00 bits per heavy atom. The Hall–Kier alpha value is -2.70. The number of amides is 3. The summed E-state index contributed by atoms with van der Waals surface area (Å²) in [7, 11) is 0. The maximum absolute atomic E-state index is 13.0. The van der Waals surface area contributed by atoms with E-state index in [2.05, 4.69) is 0 Å². The molecule has 3 amide bonds. The van der Waals surface area contributed by atoms with Crippen LogP contribution in [0.1, 0.15) is 46.9 Å². The summed E-state index contributed by atoms with van der Waals surface area (Å²) < 4.78 is 5.23. The van der Waals surface area contributed by atoms with Crippen LogP contribution in [0.5, 0.6) is 0 Å². The van der Waals surface area contributed by atoms with Crippen LogP contribution in [-0.2, 0) is 14.3 Å². The highest BCUT2D eigenvalue weighted by Gasteiger charge is 2.50. The Morgan fingerprint density at radius 2 is 1.62 bits per heavy atom. The Morgan fingerprint density at radius 3 is 2.25 bits per heavy atom. The smallest absolute Gasteiger partial charge is 0.330 e. The molecule has 0 bridgehead atoms. The van der Waals surface area contributed by atoms with Gasteiger partial charge in [-0.25, -0.2) is 4.79 Å². The van der Waals surface area contributed by atoms with E-state index < -0.39 is 42.0 Å². The zero-order valence-corrected chi connectivity index (χ0v) is 13.1. The number of nitrogens with zero attached hydrogens (tertiary/aromatic N) is 2. The second kappa shape index (κ2) is 5.15. The number of benzene rings is 1. The van der Waals surface area contributed by atoms with Crippen molar-refractivity contribution in [3.63, 3.8) is 0 Å². The second-order valence-electron chi connectivity index (χ2n) is 6.29. The summed E-state index contributed by atoms with van der Waals surface area (Å²) in [5, 5.41) is 0. The molecule has 1 aromatic carbocycles. The van der Waals surface area contributed by atoms with Gasteiger partial charge in [0.2, 0.25) is 5.91 Å². The molecule has 1 aromatic rings. The van der Waals surface area contributed by atoms with Crippen LogP contribution in [0.2, 0.25) is 0 Å². The first-order valence-corrected chi connectivity index (χ1v) is 8.00. The van der Waals surface area contributed by atoms with E-state index in [0.717, 1.165) is 4.90 Å². The van der Waals surface area contributed by atoms with E-state index in [0.29, 0.717) is 30.4 Å². The molecule has 124 valence electrons. The van der Waals surface area contributed by atoms with E-state index in [4.69, 9.17) is 4.74 Å². The van der Waals surface area contributed by atoms with Crippen molar-refractivity contribution < 1.29 is 23.9 Å². The lowest BCUT2D eigenvalue weighted by Gasteiger charge is -2.29. The summed E-state index contributed by atoms with van der Waals surface area (Å²) in [6, 6.07) is 4.97. The molecule has 4 rings (SSSR count). The molecule has 2 saturated heterocycles. The normalized spacial score (nSPS) is 29.5. The molecule has 1 unspecified atom stereocenters. The third kappa shape index (κ3) is 1.90. The Labute approximate surface area is 138 Å². The van der Waals surface area contributed by atoms with Gasteiger partial charge in [0.25, 0.3) is 11.8 Å². The number of hydrogen-bond donors (Lipinski definition) is 0. The molecular weight excluding hydrogens is 312 g/mol. The summed E-state index contributed by atoms with van der Waals surface area (Å²) in [4.78, 5) is 52.4. The van der Waals surface area contributed by atoms with Crippen molar-refractivity contribution in [1.82, 2.24) is 9.80 Å². The van der Waals surface area contributed by atoms with Crippen LogP contribution in [0, 0.1) is 0 Å². The molecule has 3 atom stereocenters. The van der Waals surface area contributed by atoms with Crippen LogP contribution >= 0.6 is 0 Å². The molecular formula is C17H16N2O5. The summed E-state index contributed by atoms with van der Waals surface area (Å²) in [6.45, 7) is 1.60. The first-order chi connectivity index (χ1) is 11.5. The maximum Gasteiger partial charge on any atom is 0.330 e. The molecule has 7 heteroatoms. The van der Waals surface area contributed by atoms with Gasteiger partial charge in [-0.15, -0.1) is 0 Å². The molecule has 0 saturated carbocycles. The minimum absolute atomic E-state index is 0.317. The summed E-state index contributed by atoms with van der Waals surface area (Å²) in [5.41, 5.74) is 0.635. The van der Waals surface area contributed by atoms with Gasteiger partial charge in [0.15, 0.2) is 6.23 Å². The summed E-state index contributed by atoms with van der Waals surface area (Å²) in [5.74, 6) is -1.75. The van der Waals surface area contributed by atoms with Crippen molar-refractivity contribution in [3.05, 3.63) is 35.4 Å². The number of carbonyl (C=O) groups is 4. The highest BCUT2D eigenvalue weighted by atomic mass is 16.6. The van der Waals surface area contributed by atoms with Crippen LogP contribution in [0.25, 0.3) is 0 Å². The standard InChI is InChI=1S/C17H16N2O5/c1-9-17(23)24-13-8-4-7-12(16(22)18(9)13)19-14(20)10-5-2-3-6-11(10)15(19)21/h2-3,5-6,9,12-13H,4,7-8H2,1H3/t9-,12-,13?/m0/s1. The van der Waals surface area contributed by atoms with Crippen LogP contribution < -0.4 is 0 Å². The molecule has 0 aliphatic carbocycles. The average Bonchev–Trinajstić information content (AvgIpc) is 2.92. The molecule has 0 aromatic heterocycles. The van der Waals surface area contributed by atoms with E-state index in [-0.39, 0.29) is 0 Å². The van der Waals surface area contributed by atoms with E-state index in [9.17, 15) is 19.2 Å². The molecule has 0 spiro atoms. The Kier molecular flexibility index (Phi) is 3.19. The van der Waals surface area contributed by atoms with Gasteiger partial charge in [0, 0.05) is 6.42 Å². The van der Waals surface area contributed by atoms with Crippen molar-refractivity contribution in [1.29, 1.82) is 0 Å². The lowest BCUT2D eigenvalue weighted by molar-refractivity contribution is -0.143. The number of ether oxygens (including phenoxy) is 1. The van der Waals surface area contributed by atoms with Crippen molar-refractivity contribution in [2.75, 3.05) is 0 Å². The predicted octanol–water partition coefficient (Wildman–Crippen LogP) is 0.935. The first-order valence-electron chi connectivity index (χ1n) is 8.00. The Bertz CT molecular complexity index is 739. The zero-order chi connectivity index (χ0) is 17.0. The van der Waals surface area contributed by atoms with Gasteiger partial charge in [0.1, 0.15) is 12.1 Å². The predicted molar refractivity (Wildman–Crippen MR) is 80.8 cm³/mol. The first kappa shape index (κ1) is 14.9. The maximum atomic E-state index is 13.0. The van der Waals surface area contributed by atoms with Crippen molar-refractivity contribution in [2.45, 2.75) is 44.5 Å². The second-order valence-corrected chi connectivity index (χ2v) is 6.29. The molecule has 24 heavy (non-hydrogen) atoms. The van der Waals surface area contributed by atoms with Crippen LogP contribution in [0.4, 0.5) is 0 Å². The van der Waals surface area contributed by atoms with Gasteiger partial charge >= 0.3 is 5.97 Å². The third-order valence-electron chi connectivity index (χ3n) is 4.93. The summed E-state index contributed by atoms with van der Waals surface area (Å²) >= 11 is 0. The average molecular weight is 328 g/mol. The fourth-order valence-corrected chi connectivity index (χ4v) is 3.69. The van der Waals surface area contributed by atoms with Gasteiger partial charge < -0.3 is 4.74 Å². The topological polar surface area (TPSA) is 84.0 Å². The highest BCUT2D eigenvalue weighted by Crippen LogP contribution is 2.33. The van der Waals surface area contributed by atoms with Gasteiger partial charge in [-0.05, 0) is 31.9 Å². The molecule has 3 aliphatic heterocycles. The van der Waals surface area contributed by atoms with Crippen LogP contribution in [-0.4, -0.2) is 51.8 Å². The highest BCUT2D eigenvalue weighted by molar-refractivity contribution is 6.22. The number of imide groups is 1. The summed E-state index contributed by atoms with van der Waals surface area (Å²) in [6.07, 6.45) is 0.883. The van der Waals surface area contributed by atoms with E-state index in [1.807, 2.05) is 0 Å². The number of fused-ring (bicyclic) bond motifs is 2. The fraction of sp³-hybridized carbons (Fsp3) is 0.412. The molecule has 2 fully saturated rings. The van der Waals surface area contributed by atoms with Crippen molar-refractivity contribution in [2.24, 2.45) is 0 Å². The molecule has 3 aliphatic rings. The van der Waals surface area contributed by atoms with Gasteiger partial charge in [-0.1, -0.05) is 12.1 Å². The molecule has 3 heterocycles. The SMILES string of the molecule is C[C@H]1C(=O)OC2CCC[C@H](N3C(=O)c4ccccc4C3=O)C(=O)N21. The number of hydrogen-bond acceptors (Lipinski definition) is 5. The van der Waals surface area contributed by atoms with Crippen LogP contribution in [0.15, 0.2) is 24.3 Å². The minimum atomic E-state index is -0.889. The molecule has 0 N–H and O–H groups in total. The van der Waals surface area contributed by atoms with Crippen molar-refractivity contribution in [3.8, 4) is 0 Å². The van der Waals surface area contributed by atoms with Gasteiger partial charge in [-0.3, -0.25) is 24.2 Å². The lowest BCUT2D eigenvalue weighted by Crippen LogP contribution is -2.52. The third-order valence-corrected chi connectivity index (χ3v) is 4.93. The number of rotatable bonds is 1. The fourth-order valence-electron chi connectivity index (χ4n) is 3.69. The number of esters is 1. The molecule has 7 nitrogen and oxygen atoms in total. The van der Waals surface area contributed by atoms with E-state index in [1.165, 1.54) is 4.90 Å². The monoisotopic (exact) mass is 328 g/mol. The van der Waals surface area contributed by atoms with Gasteiger partial charge in [-0.2, -0.15) is 0 Å². The zero-order valence-electron chi connectivity index (χ0n) is 13.1. The minimum Gasteiger partial charge on any atom is -0.440 e. The largest absolute Gasteiger partial charge is 0.440 e. The van der Waals surface area contributed by atoms with E-state index in [1.54, 1.807) is 31.2 Å².